The fraction of sp³-hybridized carbons (Fsp3) is 0. The molecule has 0 radical (unpaired) electrons. The summed E-state index contributed by atoms with van der Waals surface area (Å²) in [5.41, 5.74) is 1.19. The zero-order chi connectivity index (χ0) is 25.1. The Balaban J connectivity index is 1.57. The standard InChI is InChI=1S/C26H16Cl2N6O2/c27-19-7-15-11-29-21-3-1-4-22(33-21)30-12-16-8-20(28)10-18(26(16)36)14-32-24-6-2-5-23(34-24)31-13-17(9-19)25(15)35/h1-14H,(H,29,30,33)(H,31,32,34). The molecule has 176 valence electrons. The van der Waals surface area contributed by atoms with Crippen molar-refractivity contribution in [3.8, 4) is 0 Å². The van der Waals surface area contributed by atoms with Crippen molar-refractivity contribution >= 4 is 58.9 Å². The second kappa shape index (κ2) is 10.1. The molecule has 2 N–H and O–H groups in total. The Kier molecular flexibility index (Phi) is 6.53. The number of amidine groups is 2. The van der Waals surface area contributed by atoms with Crippen molar-refractivity contribution in [2.24, 2.45) is 20.0 Å². The van der Waals surface area contributed by atoms with Gasteiger partial charge in [0.15, 0.2) is 11.6 Å². The summed E-state index contributed by atoms with van der Waals surface area (Å²) in [5, 5.41) is 6.81. The van der Waals surface area contributed by atoms with Crippen molar-refractivity contribution in [2.75, 3.05) is 0 Å². The quantitative estimate of drug-likeness (QED) is 0.509. The second-order valence-electron chi connectivity index (χ2n) is 7.70. The zero-order valence-corrected chi connectivity index (χ0v) is 20.0. The summed E-state index contributed by atoms with van der Waals surface area (Å²) in [5.74, 6) is 1.23. The van der Waals surface area contributed by atoms with Gasteiger partial charge in [-0.15, -0.1) is 0 Å². The van der Waals surface area contributed by atoms with E-state index >= 15 is 0 Å². The Morgan fingerprint density at radius 1 is 0.611 bits per heavy atom. The molecule has 3 aliphatic heterocycles. The third kappa shape index (κ3) is 5.30. The summed E-state index contributed by atoms with van der Waals surface area (Å²) < 4.78 is 0. The Bertz CT molecular complexity index is 1400. The number of nitrogens with zero attached hydrogens (tertiary/aromatic N) is 4. The smallest absolute Gasteiger partial charge is 0.196 e. The molecule has 0 amide bonds. The lowest BCUT2D eigenvalue weighted by atomic mass is 9.99. The molecule has 0 aromatic heterocycles. The van der Waals surface area contributed by atoms with Crippen LogP contribution in [-0.2, 0) is 9.59 Å². The van der Waals surface area contributed by atoms with Gasteiger partial charge in [-0.25, -0.2) is 20.0 Å². The molecule has 36 heavy (non-hydrogen) atoms. The number of carbonyl (C=O) groups is 2. The molecule has 2 aliphatic carbocycles. The van der Waals surface area contributed by atoms with E-state index in [0.717, 1.165) is 0 Å². The molecule has 3 heterocycles. The fourth-order valence-electron chi connectivity index (χ4n) is 3.40. The Morgan fingerprint density at radius 2 is 1.06 bits per heavy atom. The molecule has 0 fully saturated rings. The minimum atomic E-state index is -0.275. The first kappa shape index (κ1) is 23.3. The third-order valence-electron chi connectivity index (χ3n) is 5.12. The molecule has 0 unspecified atom stereocenters. The van der Waals surface area contributed by atoms with Crippen molar-refractivity contribution in [1.82, 2.24) is 10.6 Å². The van der Waals surface area contributed by atoms with E-state index in [0.29, 0.717) is 55.7 Å². The van der Waals surface area contributed by atoms with Gasteiger partial charge in [0.2, 0.25) is 0 Å². The van der Waals surface area contributed by atoms with Crippen LogP contribution >= 0.6 is 23.2 Å². The summed E-state index contributed by atoms with van der Waals surface area (Å²) in [6.45, 7) is 0. The average molecular weight is 515 g/mol. The Hall–Kier alpha value is -4.40. The van der Waals surface area contributed by atoms with Crippen LogP contribution in [0.5, 0.6) is 0 Å². The summed E-state index contributed by atoms with van der Waals surface area (Å²) in [6.07, 6.45) is 22.2. The number of rotatable bonds is 0. The number of Topliss-reactive ketones (excluding diaryl/α,β-unsaturated/α-hetero) is 2. The van der Waals surface area contributed by atoms with Crippen LogP contribution in [0, 0.1) is 0 Å². The van der Waals surface area contributed by atoms with Gasteiger partial charge in [0.05, 0.1) is 0 Å². The lowest BCUT2D eigenvalue weighted by molar-refractivity contribution is -0.112. The number of fused-ring (bicyclic) bond motifs is 8. The SMILES string of the molecule is O=C1C2=CN=C3C=CC=C(N=CC4=CC(Cl)=CC(=CN=C5C=CC=C(N=CC1=CC(Cl)=C2)N5)C4=O)N3. The summed E-state index contributed by atoms with van der Waals surface area (Å²) in [6, 6.07) is 0. The molecule has 8 bridgehead atoms. The van der Waals surface area contributed by atoms with Crippen LogP contribution in [0.1, 0.15) is 0 Å². The number of halogens is 2. The molecule has 5 rings (SSSR count). The highest BCUT2D eigenvalue weighted by Crippen LogP contribution is 2.23. The first-order valence-electron chi connectivity index (χ1n) is 10.7. The molecule has 0 saturated carbocycles. The van der Waals surface area contributed by atoms with Crippen molar-refractivity contribution in [2.45, 2.75) is 0 Å². The minimum absolute atomic E-state index is 0.275. The monoisotopic (exact) mass is 514 g/mol. The predicted octanol–water partition coefficient (Wildman–Crippen LogP) is 3.97. The van der Waals surface area contributed by atoms with Gasteiger partial charge in [-0.2, -0.15) is 0 Å². The highest BCUT2D eigenvalue weighted by atomic mass is 35.5. The van der Waals surface area contributed by atoms with Gasteiger partial charge in [-0.3, -0.25) is 9.59 Å². The van der Waals surface area contributed by atoms with E-state index in [1.54, 1.807) is 36.5 Å². The zero-order valence-electron chi connectivity index (χ0n) is 18.4. The number of ketones is 2. The Labute approximate surface area is 216 Å². The summed E-state index contributed by atoms with van der Waals surface area (Å²) >= 11 is 12.5. The number of allylic oxidation sites excluding steroid dienone is 14. The van der Waals surface area contributed by atoms with Crippen LogP contribution in [-0.4, -0.2) is 35.7 Å². The van der Waals surface area contributed by atoms with Crippen LogP contribution in [0.15, 0.2) is 137 Å². The summed E-state index contributed by atoms with van der Waals surface area (Å²) in [7, 11) is 0. The molecule has 0 aromatic rings. The van der Waals surface area contributed by atoms with Crippen molar-refractivity contribution in [3.05, 3.63) is 117 Å². The van der Waals surface area contributed by atoms with E-state index in [1.807, 2.05) is 0 Å². The van der Waals surface area contributed by atoms with Crippen LogP contribution < -0.4 is 10.6 Å². The number of carbonyl (C=O) groups excluding carboxylic acids is 2. The number of aliphatic imine (C=N–C) groups is 4. The van der Waals surface area contributed by atoms with Gasteiger partial charge in [0.1, 0.15) is 23.3 Å². The first-order chi connectivity index (χ1) is 17.4. The maximum Gasteiger partial charge on any atom is 0.196 e. The van der Waals surface area contributed by atoms with Crippen molar-refractivity contribution in [1.29, 1.82) is 0 Å². The first-order valence-corrected chi connectivity index (χ1v) is 11.4. The molecule has 0 spiro atoms. The maximum absolute atomic E-state index is 13.0. The van der Waals surface area contributed by atoms with E-state index < -0.39 is 0 Å². The van der Waals surface area contributed by atoms with Gasteiger partial charge in [-0.1, -0.05) is 35.4 Å². The lowest BCUT2D eigenvalue weighted by Crippen LogP contribution is -2.23. The largest absolute Gasteiger partial charge is 0.325 e. The predicted molar refractivity (Wildman–Crippen MR) is 143 cm³/mol. The topological polar surface area (TPSA) is 108 Å². The molecule has 0 saturated heterocycles. The summed E-state index contributed by atoms with van der Waals surface area (Å²) in [4.78, 5) is 43.3. The van der Waals surface area contributed by atoms with Gasteiger partial charge in [0, 0.05) is 57.2 Å². The lowest BCUT2D eigenvalue weighted by Gasteiger charge is -2.13. The van der Waals surface area contributed by atoms with Crippen LogP contribution in [0.2, 0.25) is 0 Å². The fourth-order valence-corrected chi connectivity index (χ4v) is 3.87. The maximum atomic E-state index is 13.0. The number of nitrogens with one attached hydrogen (secondary N) is 2. The molecule has 5 aliphatic rings. The highest BCUT2D eigenvalue weighted by Gasteiger charge is 2.19. The number of hydrogen-bond donors (Lipinski definition) is 2. The average Bonchev–Trinajstić information content (AvgIpc) is 2.87. The molecule has 0 atom stereocenters. The van der Waals surface area contributed by atoms with Crippen LogP contribution in [0.4, 0.5) is 0 Å². The van der Waals surface area contributed by atoms with Gasteiger partial charge in [0.25, 0.3) is 0 Å². The van der Waals surface area contributed by atoms with E-state index in [2.05, 4.69) is 30.6 Å². The van der Waals surface area contributed by atoms with Crippen molar-refractivity contribution < 1.29 is 9.59 Å². The van der Waals surface area contributed by atoms with Crippen LogP contribution in [0.25, 0.3) is 0 Å². The second-order valence-corrected chi connectivity index (χ2v) is 8.57. The Morgan fingerprint density at radius 3 is 1.50 bits per heavy atom. The minimum Gasteiger partial charge on any atom is -0.325 e. The number of hydrogen-bond acceptors (Lipinski definition) is 8. The molecule has 0 aromatic carbocycles. The normalized spacial score (nSPS) is 21.2. The van der Waals surface area contributed by atoms with E-state index in [1.165, 1.54) is 49.1 Å². The van der Waals surface area contributed by atoms with E-state index in [4.69, 9.17) is 23.2 Å². The molecular formula is C26H16Cl2N6O2. The molecule has 8 nitrogen and oxygen atoms in total. The highest BCUT2D eigenvalue weighted by molar-refractivity contribution is 6.36. The third-order valence-corrected chi connectivity index (χ3v) is 5.56. The number of dihydropyridines is 2. The van der Waals surface area contributed by atoms with E-state index in [-0.39, 0.29) is 11.6 Å². The van der Waals surface area contributed by atoms with Crippen molar-refractivity contribution in [3.63, 3.8) is 0 Å². The molecule has 10 heteroatoms. The van der Waals surface area contributed by atoms with Gasteiger partial charge < -0.3 is 10.6 Å². The van der Waals surface area contributed by atoms with Gasteiger partial charge in [-0.05, 0) is 48.6 Å². The van der Waals surface area contributed by atoms with E-state index in [9.17, 15) is 9.59 Å². The molecular weight excluding hydrogens is 499 g/mol. The van der Waals surface area contributed by atoms with Crippen LogP contribution in [0.3, 0.4) is 0 Å². The van der Waals surface area contributed by atoms with Gasteiger partial charge >= 0.3 is 0 Å².